The summed E-state index contributed by atoms with van der Waals surface area (Å²) in [4.78, 5) is 6.79. The van der Waals surface area contributed by atoms with Crippen LogP contribution in [0.25, 0.3) is 0 Å². The summed E-state index contributed by atoms with van der Waals surface area (Å²) in [6.45, 7) is 0.757. The second-order valence-corrected chi connectivity index (χ2v) is 5.81. The highest BCUT2D eigenvalue weighted by atomic mass is 35.5. The highest BCUT2D eigenvalue weighted by molar-refractivity contribution is 6.30. The molecule has 0 radical (unpaired) electrons. The molecule has 110 valence electrons. The smallest absolute Gasteiger partial charge is 0.208 e. The maximum absolute atomic E-state index is 5.90. The summed E-state index contributed by atoms with van der Waals surface area (Å²) < 4.78 is 0. The predicted octanol–water partition coefficient (Wildman–Crippen LogP) is 2.92. The van der Waals surface area contributed by atoms with Crippen LogP contribution in [0.15, 0.2) is 29.3 Å². The fourth-order valence-electron chi connectivity index (χ4n) is 2.57. The van der Waals surface area contributed by atoms with Crippen LogP contribution in [0.5, 0.6) is 0 Å². The summed E-state index contributed by atoms with van der Waals surface area (Å²) in [5.74, 6) is 6.38. The number of hydrogen-bond acceptors (Lipinski definition) is 2. The summed E-state index contributed by atoms with van der Waals surface area (Å²) in [7, 11) is 2.00. The summed E-state index contributed by atoms with van der Waals surface area (Å²) in [6.07, 6.45) is 6.21. The quantitative estimate of drug-likeness (QED) is 0.390. The van der Waals surface area contributed by atoms with Crippen LogP contribution in [-0.2, 0) is 6.54 Å². The highest BCUT2D eigenvalue weighted by Gasteiger charge is 2.14. The Morgan fingerprint density at radius 3 is 2.55 bits per heavy atom. The molecule has 4 nitrogen and oxygen atoms in total. The van der Waals surface area contributed by atoms with Crippen LogP contribution in [0, 0.1) is 0 Å². The van der Waals surface area contributed by atoms with Crippen molar-refractivity contribution in [2.45, 2.75) is 44.7 Å². The molecule has 1 aliphatic rings. The first-order valence-corrected chi connectivity index (χ1v) is 7.57. The van der Waals surface area contributed by atoms with E-state index in [9.17, 15) is 0 Å². The molecule has 1 fully saturated rings. The molecule has 3 N–H and O–H groups in total. The molecule has 20 heavy (non-hydrogen) atoms. The molecule has 1 aromatic rings. The molecule has 0 heterocycles. The van der Waals surface area contributed by atoms with E-state index >= 15 is 0 Å². The Kier molecular flexibility index (Phi) is 5.68. The Hall–Kier alpha value is -1.26. The van der Waals surface area contributed by atoms with E-state index in [2.05, 4.69) is 5.43 Å². The van der Waals surface area contributed by atoms with Gasteiger partial charge in [-0.1, -0.05) is 43.0 Å². The third-order valence-corrected chi connectivity index (χ3v) is 3.96. The molecule has 0 spiro atoms. The number of nitrogens with zero attached hydrogens (tertiary/aromatic N) is 2. The number of hydrogen-bond donors (Lipinski definition) is 2. The average Bonchev–Trinajstić information content (AvgIpc) is 2.48. The average molecular weight is 295 g/mol. The summed E-state index contributed by atoms with van der Waals surface area (Å²) in [5.41, 5.74) is 3.91. The van der Waals surface area contributed by atoms with Gasteiger partial charge in [0.05, 0.1) is 6.04 Å². The molecular formula is C15H23ClN4. The molecule has 0 aliphatic heterocycles. The Morgan fingerprint density at radius 2 is 1.95 bits per heavy atom. The van der Waals surface area contributed by atoms with Crippen LogP contribution in [0.2, 0.25) is 5.02 Å². The Labute approximate surface area is 126 Å². The molecule has 2 rings (SSSR count). The molecular weight excluding hydrogens is 272 g/mol. The molecule has 0 saturated heterocycles. The molecule has 1 aromatic carbocycles. The minimum atomic E-state index is 0.405. The Morgan fingerprint density at radius 1 is 1.30 bits per heavy atom. The van der Waals surface area contributed by atoms with Crippen molar-refractivity contribution in [1.29, 1.82) is 0 Å². The van der Waals surface area contributed by atoms with Crippen molar-refractivity contribution < 1.29 is 0 Å². The monoisotopic (exact) mass is 294 g/mol. The van der Waals surface area contributed by atoms with Crippen molar-refractivity contribution in [3.8, 4) is 0 Å². The second-order valence-electron chi connectivity index (χ2n) is 5.37. The first kappa shape index (κ1) is 15.1. The first-order valence-electron chi connectivity index (χ1n) is 7.19. The molecule has 1 saturated carbocycles. The Balaban J connectivity index is 1.98. The number of guanidine groups is 1. The van der Waals surface area contributed by atoms with Gasteiger partial charge < -0.3 is 4.90 Å². The highest BCUT2D eigenvalue weighted by Crippen LogP contribution is 2.20. The van der Waals surface area contributed by atoms with Gasteiger partial charge in [0.25, 0.3) is 0 Å². The van der Waals surface area contributed by atoms with E-state index in [-0.39, 0.29) is 0 Å². The van der Waals surface area contributed by atoms with Crippen LogP contribution in [0.4, 0.5) is 0 Å². The zero-order valence-electron chi connectivity index (χ0n) is 12.0. The molecule has 0 bridgehead atoms. The number of hydrazine groups is 1. The first-order chi connectivity index (χ1) is 9.69. The van der Waals surface area contributed by atoms with Crippen LogP contribution in [0.1, 0.15) is 37.7 Å². The van der Waals surface area contributed by atoms with E-state index in [1.165, 1.54) is 37.7 Å². The zero-order valence-corrected chi connectivity index (χ0v) is 12.7. The van der Waals surface area contributed by atoms with Crippen molar-refractivity contribution in [3.63, 3.8) is 0 Å². The van der Waals surface area contributed by atoms with Gasteiger partial charge in [0.1, 0.15) is 0 Å². The number of benzene rings is 1. The van der Waals surface area contributed by atoms with Gasteiger partial charge in [0, 0.05) is 18.6 Å². The van der Waals surface area contributed by atoms with E-state index in [4.69, 9.17) is 22.4 Å². The lowest BCUT2D eigenvalue weighted by atomic mass is 9.96. The standard InChI is InChI=1S/C15H23ClN4/c1-20(11-12-7-9-13(16)10-8-12)15(19-17)18-14-5-3-2-4-6-14/h7-10,14H,2-6,11,17H2,1H3,(H,18,19). The van der Waals surface area contributed by atoms with Crippen LogP contribution < -0.4 is 11.3 Å². The predicted molar refractivity (Wildman–Crippen MR) is 84.6 cm³/mol. The molecule has 0 amide bonds. The van der Waals surface area contributed by atoms with E-state index in [0.717, 1.165) is 17.5 Å². The van der Waals surface area contributed by atoms with Gasteiger partial charge in [-0.25, -0.2) is 10.8 Å². The van der Waals surface area contributed by atoms with E-state index in [1.54, 1.807) is 0 Å². The number of aliphatic imine (C=N–C) groups is 1. The largest absolute Gasteiger partial charge is 0.341 e. The fraction of sp³-hybridized carbons (Fsp3) is 0.533. The van der Waals surface area contributed by atoms with Gasteiger partial charge in [0.2, 0.25) is 5.96 Å². The summed E-state index contributed by atoms with van der Waals surface area (Å²) in [5, 5.41) is 0.754. The number of halogens is 1. The second kappa shape index (κ2) is 7.50. The summed E-state index contributed by atoms with van der Waals surface area (Å²) >= 11 is 5.90. The van der Waals surface area contributed by atoms with Gasteiger partial charge in [-0.3, -0.25) is 5.43 Å². The lowest BCUT2D eigenvalue weighted by Crippen LogP contribution is -2.43. The minimum absolute atomic E-state index is 0.405. The van der Waals surface area contributed by atoms with E-state index in [0.29, 0.717) is 6.04 Å². The molecule has 0 aromatic heterocycles. The molecule has 0 unspecified atom stereocenters. The lowest BCUT2D eigenvalue weighted by molar-refractivity contribution is 0.423. The maximum Gasteiger partial charge on any atom is 0.208 e. The van der Waals surface area contributed by atoms with Crippen molar-refractivity contribution in [3.05, 3.63) is 34.9 Å². The summed E-state index contributed by atoms with van der Waals surface area (Å²) in [6, 6.07) is 8.25. The topological polar surface area (TPSA) is 53.6 Å². The van der Waals surface area contributed by atoms with Crippen LogP contribution >= 0.6 is 11.6 Å². The van der Waals surface area contributed by atoms with Gasteiger partial charge in [-0.2, -0.15) is 0 Å². The van der Waals surface area contributed by atoms with Crippen molar-refractivity contribution >= 4 is 17.6 Å². The third-order valence-electron chi connectivity index (χ3n) is 3.70. The van der Waals surface area contributed by atoms with Crippen molar-refractivity contribution in [2.75, 3.05) is 7.05 Å². The number of rotatable bonds is 3. The van der Waals surface area contributed by atoms with Gasteiger partial charge in [-0.15, -0.1) is 0 Å². The SMILES string of the molecule is CN(Cc1ccc(Cl)cc1)C(=NC1CCCCC1)NN. The normalized spacial score (nSPS) is 17.1. The molecule has 1 aliphatic carbocycles. The van der Waals surface area contributed by atoms with Gasteiger partial charge >= 0.3 is 0 Å². The minimum Gasteiger partial charge on any atom is -0.341 e. The van der Waals surface area contributed by atoms with Crippen LogP contribution in [0.3, 0.4) is 0 Å². The number of nitrogens with one attached hydrogen (secondary N) is 1. The number of nitrogens with two attached hydrogens (primary N) is 1. The van der Waals surface area contributed by atoms with E-state index in [1.807, 2.05) is 36.2 Å². The molecule has 5 heteroatoms. The van der Waals surface area contributed by atoms with Crippen molar-refractivity contribution in [1.82, 2.24) is 10.3 Å². The van der Waals surface area contributed by atoms with Gasteiger partial charge in [-0.05, 0) is 30.5 Å². The lowest BCUT2D eigenvalue weighted by Gasteiger charge is -2.24. The van der Waals surface area contributed by atoms with E-state index < -0.39 is 0 Å². The van der Waals surface area contributed by atoms with Crippen molar-refractivity contribution in [2.24, 2.45) is 10.8 Å². The van der Waals surface area contributed by atoms with Crippen LogP contribution in [-0.4, -0.2) is 23.9 Å². The van der Waals surface area contributed by atoms with Gasteiger partial charge in [0.15, 0.2) is 0 Å². The fourth-order valence-corrected chi connectivity index (χ4v) is 2.69. The Bertz CT molecular complexity index is 438. The molecule has 0 atom stereocenters. The maximum atomic E-state index is 5.90. The third kappa shape index (κ3) is 4.39. The zero-order chi connectivity index (χ0) is 14.4.